The molecule has 3 rings (SSSR count). The Morgan fingerprint density at radius 3 is 2.00 bits per heavy atom. The van der Waals surface area contributed by atoms with Crippen LogP contribution >= 0.6 is 0 Å². The molecule has 1 saturated heterocycles. The van der Waals surface area contributed by atoms with Gasteiger partial charge in [-0.15, -0.1) is 0 Å². The van der Waals surface area contributed by atoms with E-state index < -0.39 is 0 Å². The van der Waals surface area contributed by atoms with Gasteiger partial charge >= 0.3 is 7.12 Å². The highest BCUT2D eigenvalue weighted by molar-refractivity contribution is 6.54. The SMILES string of the molecule is CC1(C)OB(C2=CC=C(c3ccccc3)CC2)OC1(C)C. The third kappa shape index (κ3) is 2.73. The molecule has 2 nitrogen and oxygen atoms in total. The fourth-order valence-electron chi connectivity index (χ4n) is 2.74. The monoisotopic (exact) mass is 282 g/mol. The molecule has 0 atom stereocenters. The lowest BCUT2D eigenvalue weighted by molar-refractivity contribution is 0.00578. The molecule has 0 spiro atoms. The van der Waals surface area contributed by atoms with E-state index in [4.69, 9.17) is 9.31 Å². The van der Waals surface area contributed by atoms with Crippen molar-refractivity contribution in [1.29, 1.82) is 0 Å². The van der Waals surface area contributed by atoms with Crippen LogP contribution in [0, 0.1) is 0 Å². The molecule has 110 valence electrons. The van der Waals surface area contributed by atoms with Crippen molar-refractivity contribution in [3.8, 4) is 0 Å². The van der Waals surface area contributed by atoms with Gasteiger partial charge in [0.05, 0.1) is 11.2 Å². The molecule has 1 aliphatic heterocycles. The van der Waals surface area contributed by atoms with Gasteiger partial charge in [-0.05, 0) is 57.1 Å². The van der Waals surface area contributed by atoms with Crippen LogP contribution in [0.5, 0.6) is 0 Å². The van der Waals surface area contributed by atoms with Crippen molar-refractivity contribution in [3.05, 3.63) is 53.5 Å². The summed E-state index contributed by atoms with van der Waals surface area (Å²) < 4.78 is 12.2. The van der Waals surface area contributed by atoms with Gasteiger partial charge in [0.25, 0.3) is 0 Å². The topological polar surface area (TPSA) is 18.5 Å². The van der Waals surface area contributed by atoms with Gasteiger partial charge in [-0.25, -0.2) is 0 Å². The van der Waals surface area contributed by atoms with E-state index in [1.54, 1.807) is 0 Å². The molecule has 0 radical (unpaired) electrons. The Hall–Kier alpha value is -1.32. The van der Waals surface area contributed by atoms with Crippen LogP contribution in [0.15, 0.2) is 48.0 Å². The third-order valence-electron chi connectivity index (χ3n) is 4.88. The van der Waals surface area contributed by atoms with E-state index in [9.17, 15) is 0 Å². The highest BCUT2D eigenvalue weighted by atomic mass is 16.7. The van der Waals surface area contributed by atoms with Gasteiger partial charge in [-0.1, -0.05) is 42.5 Å². The Morgan fingerprint density at radius 2 is 1.48 bits per heavy atom. The van der Waals surface area contributed by atoms with Gasteiger partial charge in [0.1, 0.15) is 0 Å². The number of rotatable bonds is 2. The molecule has 2 aliphatic rings. The van der Waals surface area contributed by atoms with Crippen molar-refractivity contribution in [2.45, 2.75) is 51.7 Å². The van der Waals surface area contributed by atoms with Crippen LogP contribution in [0.1, 0.15) is 46.1 Å². The summed E-state index contributed by atoms with van der Waals surface area (Å²) in [4.78, 5) is 0. The fourth-order valence-corrected chi connectivity index (χ4v) is 2.74. The molecule has 21 heavy (non-hydrogen) atoms. The smallest absolute Gasteiger partial charge is 0.400 e. The van der Waals surface area contributed by atoms with Crippen LogP contribution in [-0.4, -0.2) is 18.3 Å². The Kier molecular flexibility index (Phi) is 3.58. The van der Waals surface area contributed by atoms with Crippen molar-refractivity contribution in [1.82, 2.24) is 0 Å². The normalized spacial score (nSPS) is 23.7. The van der Waals surface area contributed by atoms with Gasteiger partial charge in [0.15, 0.2) is 0 Å². The molecule has 1 fully saturated rings. The van der Waals surface area contributed by atoms with Crippen LogP contribution in [-0.2, 0) is 9.31 Å². The average Bonchev–Trinajstić information content (AvgIpc) is 2.69. The van der Waals surface area contributed by atoms with Crippen LogP contribution in [0.25, 0.3) is 5.57 Å². The van der Waals surface area contributed by atoms with E-state index in [0.717, 1.165) is 12.8 Å². The molecule has 1 aromatic carbocycles. The van der Waals surface area contributed by atoms with Gasteiger partial charge in [0, 0.05) is 0 Å². The highest BCUT2D eigenvalue weighted by Gasteiger charge is 2.52. The van der Waals surface area contributed by atoms with Crippen LogP contribution in [0.3, 0.4) is 0 Å². The molecule has 0 amide bonds. The van der Waals surface area contributed by atoms with E-state index in [2.05, 4.69) is 70.2 Å². The second-order valence-electron chi connectivity index (χ2n) is 6.89. The molecule has 1 aromatic rings. The lowest BCUT2D eigenvalue weighted by Crippen LogP contribution is -2.41. The minimum atomic E-state index is -0.262. The number of hydrogen-bond acceptors (Lipinski definition) is 2. The first-order chi connectivity index (χ1) is 9.89. The number of hydrogen-bond donors (Lipinski definition) is 0. The van der Waals surface area contributed by atoms with Gasteiger partial charge < -0.3 is 9.31 Å². The molecule has 0 unspecified atom stereocenters. The Bertz CT molecular complexity index is 568. The lowest BCUT2D eigenvalue weighted by Gasteiger charge is -2.32. The van der Waals surface area contributed by atoms with Crippen molar-refractivity contribution >= 4 is 12.7 Å². The maximum absolute atomic E-state index is 6.12. The number of benzene rings is 1. The number of allylic oxidation sites excluding steroid dienone is 4. The molecule has 0 bridgehead atoms. The minimum absolute atomic E-state index is 0.205. The standard InChI is InChI=1S/C18H23BO2/c1-17(2)18(3,4)21-19(20-17)16-12-10-15(11-13-16)14-8-6-5-7-9-14/h5-10,12H,11,13H2,1-4H3. The molecular weight excluding hydrogens is 259 g/mol. The second-order valence-corrected chi connectivity index (χ2v) is 6.89. The quantitative estimate of drug-likeness (QED) is 0.747. The fraction of sp³-hybridized carbons (Fsp3) is 0.444. The van der Waals surface area contributed by atoms with E-state index in [0.29, 0.717) is 0 Å². The maximum atomic E-state index is 6.12. The molecule has 0 saturated carbocycles. The van der Waals surface area contributed by atoms with Crippen molar-refractivity contribution < 1.29 is 9.31 Å². The second kappa shape index (κ2) is 5.15. The van der Waals surface area contributed by atoms with Crippen LogP contribution in [0.4, 0.5) is 0 Å². The van der Waals surface area contributed by atoms with Gasteiger partial charge in [-0.2, -0.15) is 0 Å². The van der Waals surface area contributed by atoms with Gasteiger partial charge in [-0.3, -0.25) is 0 Å². The summed E-state index contributed by atoms with van der Waals surface area (Å²) in [5.41, 5.74) is 3.41. The summed E-state index contributed by atoms with van der Waals surface area (Å²) in [6, 6.07) is 10.6. The average molecular weight is 282 g/mol. The molecule has 0 N–H and O–H groups in total. The largest absolute Gasteiger partial charge is 0.490 e. The Morgan fingerprint density at radius 1 is 0.857 bits per heavy atom. The van der Waals surface area contributed by atoms with Crippen LogP contribution < -0.4 is 0 Å². The van der Waals surface area contributed by atoms with E-state index >= 15 is 0 Å². The first-order valence-corrected chi connectivity index (χ1v) is 7.70. The van der Waals surface area contributed by atoms with E-state index in [1.165, 1.54) is 16.6 Å². The lowest BCUT2D eigenvalue weighted by atomic mass is 9.72. The summed E-state index contributed by atoms with van der Waals surface area (Å²) in [5, 5.41) is 0. The summed E-state index contributed by atoms with van der Waals surface area (Å²) in [6.07, 6.45) is 6.42. The van der Waals surface area contributed by atoms with Crippen molar-refractivity contribution in [2.24, 2.45) is 0 Å². The zero-order valence-electron chi connectivity index (χ0n) is 13.3. The molecule has 1 aliphatic carbocycles. The predicted octanol–water partition coefficient (Wildman–Crippen LogP) is 4.42. The zero-order chi connectivity index (χ0) is 15.1. The minimum Gasteiger partial charge on any atom is -0.400 e. The summed E-state index contributed by atoms with van der Waals surface area (Å²) in [6.45, 7) is 8.40. The molecule has 0 aromatic heterocycles. The summed E-state index contributed by atoms with van der Waals surface area (Å²) >= 11 is 0. The van der Waals surface area contributed by atoms with Crippen molar-refractivity contribution in [3.63, 3.8) is 0 Å². The zero-order valence-corrected chi connectivity index (χ0v) is 13.3. The van der Waals surface area contributed by atoms with Crippen LogP contribution in [0.2, 0.25) is 0 Å². The third-order valence-corrected chi connectivity index (χ3v) is 4.88. The predicted molar refractivity (Wildman–Crippen MR) is 87.8 cm³/mol. The Labute approximate surface area is 128 Å². The van der Waals surface area contributed by atoms with Gasteiger partial charge in [0.2, 0.25) is 0 Å². The molecule has 1 heterocycles. The van der Waals surface area contributed by atoms with Crippen molar-refractivity contribution in [2.75, 3.05) is 0 Å². The summed E-state index contributed by atoms with van der Waals surface area (Å²) in [5.74, 6) is 0. The molecular formula is C18H23BO2. The Balaban J connectivity index is 1.78. The molecule has 3 heteroatoms. The first-order valence-electron chi connectivity index (χ1n) is 7.70. The highest BCUT2D eigenvalue weighted by Crippen LogP contribution is 2.40. The first kappa shape index (κ1) is 14.6. The summed E-state index contributed by atoms with van der Waals surface area (Å²) in [7, 11) is -0.205. The maximum Gasteiger partial charge on any atom is 0.490 e. The van der Waals surface area contributed by atoms with E-state index in [-0.39, 0.29) is 18.3 Å². The van der Waals surface area contributed by atoms with E-state index in [1.807, 2.05) is 0 Å².